The van der Waals surface area contributed by atoms with Crippen LogP contribution in [0.15, 0.2) is 59.9 Å². The Labute approximate surface area is 150 Å². The predicted molar refractivity (Wildman–Crippen MR) is 95.4 cm³/mol. The number of aliphatic hydroxyl groups excluding tert-OH is 1. The smallest absolute Gasteiger partial charge is 0.269 e. The molecule has 0 aliphatic heterocycles. The maximum absolute atomic E-state index is 12.9. The van der Waals surface area contributed by atoms with E-state index < -0.39 is 5.91 Å². The number of nitriles is 1. The van der Waals surface area contributed by atoms with Crippen molar-refractivity contribution in [3.63, 3.8) is 0 Å². The SMILES string of the molecule is N#CC(C(=O)Nc1ccc(C#Cc2ccc(F)cc2)cc1)=C(O)C1CC1. The average Bonchev–Trinajstić information content (AvgIpc) is 3.48. The number of amides is 1. The minimum atomic E-state index is -0.623. The number of rotatable bonds is 3. The zero-order chi connectivity index (χ0) is 18.5. The number of allylic oxidation sites excluding steroid dienone is 1. The fourth-order valence-corrected chi connectivity index (χ4v) is 2.29. The molecule has 128 valence electrons. The van der Waals surface area contributed by atoms with Crippen LogP contribution in [-0.2, 0) is 4.79 Å². The standard InChI is InChI=1S/C21H15FN2O2/c22-17-9-3-14(4-10-17)1-2-15-5-11-18(12-6-15)24-21(26)19(13-23)20(25)16-7-8-16/h3-6,9-12,16,25H,7-8H2,(H,24,26). The lowest BCUT2D eigenvalue weighted by Gasteiger charge is -2.06. The third kappa shape index (κ3) is 4.28. The van der Waals surface area contributed by atoms with E-state index in [1.54, 1.807) is 42.5 Å². The molecule has 4 nitrogen and oxygen atoms in total. The Balaban J connectivity index is 1.68. The van der Waals surface area contributed by atoms with Crippen molar-refractivity contribution in [1.29, 1.82) is 5.26 Å². The predicted octanol–water partition coefficient (Wildman–Crippen LogP) is 3.91. The Morgan fingerprint density at radius 1 is 1.04 bits per heavy atom. The molecule has 0 spiro atoms. The van der Waals surface area contributed by atoms with Gasteiger partial charge >= 0.3 is 0 Å². The van der Waals surface area contributed by atoms with Gasteiger partial charge in [0.1, 0.15) is 17.6 Å². The summed E-state index contributed by atoms with van der Waals surface area (Å²) in [6, 6.07) is 14.4. The van der Waals surface area contributed by atoms with Crippen LogP contribution in [0.3, 0.4) is 0 Å². The van der Waals surface area contributed by atoms with Gasteiger partial charge in [-0.25, -0.2) is 4.39 Å². The first-order chi connectivity index (χ1) is 12.6. The minimum Gasteiger partial charge on any atom is -0.510 e. The minimum absolute atomic E-state index is 0.0699. The normalized spacial score (nSPS) is 13.7. The van der Waals surface area contributed by atoms with Gasteiger partial charge in [-0.1, -0.05) is 11.8 Å². The third-order valence-electron chi connectivity index (χ3n) is 3.90. The summed E-state index contributed by atoms with van der Waals surface area (Å²) in [7, 11) is 0. The molecule has 0 saturated heterocycles. The summed E-state index contributed by atoms with van der Waals surface area (Å²) in [5.74, 6) is 4.74. The van der Waals surface area contributed by atoms with E-state index in [-0.39, 0.29) is 23.1 Å². The van der Waals surface area contributed by atoms with E-state index in [0.717, 1.165) is 18.4 Å². The molecule has 0 aromatic heterocycles. The third-order valence-corrected chi connectivity index (χ3v) is 3.90. The Morgan fingerprint density at radius 3 is 2.08 bits per heavy atom. The lowest BCUT2D eigenvalue weighted by atomic mass is 10.1. The van der Waals surface area contributed by atoms with Gasteiger partial charge in [0, 0.05) is 22.7 Å². The van der Waals surface area contributed by atoms with Crippen LogP contribution in [-0.4, -0.2) is 11.0 Å². The van der Waals surface area contributed by atoms with Gasteiger partial charge in [-0.15, -0.1) is 0 Å². The molecule has 0 radical (unpaired) electrons. The van der Waals surface area contributed by atoms with Crippen LogP contribution >= 0.6 is 0 Å². The highest BCUT2D eigenvalue weighted by molar-refractivity contribution is 6.07. The lowest BCUT2D eigenvalue weighted by Crippen LogP contribution is -2.15. The number of aliphatic hydroxyl groups is 1. The molecule has 0 atom stereocenters. The zero-order valence-corrected chi connectivity index (χ0v) is 13.8. The van der Waals surface area contributed by atoms with Crippen LogP contribution in [0.4, 0.5) is 10.1 Å². The first-order valence-electron chi connectivity index (χ1n) is 8.09. The second kappa shape index (κ2) is 7.55. The molecule has 3 rings (SSSR count). The van der Waals surface area contributed by atoms with Gasteiger partial charge in [0.25, 0.3) is 5.91 Å². The van der Waals surface area contributed by atoms with E-state index in [9.17, 15) is 14.3 Å². The molecular formula is C21H15FN2O2. The number of halogens is 1. The maximum atomic E-state index is 12.9. The lowest BCUT2D eigenvalue weighted by molar-refractivity contribution is -0.112. The number of nitrogens with zero attached hydrogens (tertiary/aromatic N) is 1. The van der Waals surface area contributed by atoms with Crippen molar-refractivity contribution in [2.75, 3.05) is 5.32 Å². The Hall–Kier alpha value is -3.57. The molecule has 1 amide bonds. The van der Waals surface area contributed by atoms with Crippen molar-refractivity contribution in [2.24, 2.45) is 5.92 Å². The first-order valence-corrected chi connectivity index (χ1v) is 8.09. The van der Waals surface area contributed by atoms with Crippen molar-refractivity contribution in [2.45, 2.75) is 12.8 Å². The molecule has 2 aromatic carbocycles. The summed E-state index contributed by atoms with van der Waals surface area (Å²) in [4.78, 5) is 12.1. The van der Waals surface area contributed by atoms with Crippen LogP contribution in [0, 0.1) is 34.9 Å². The summed E-state index contributed by atoms with van der Waals surface area (Å²) in [5.41, 5.74) is 1.68. The van der Waals surface area contributed by atoms with Gasteiger partial charge in [0.15, 0.2) is 5.57 Å². The summed E-state index contributed by atoms with van der Waals surface area (Å²) < 4.78 is 12.9. The van der Waals surface area contributed by atoms with Gasteiger partial charge in [-0.2, -0.15) is 5.26 Å². The summed E-state index contributed by atoms with van der Waals surface area (Å²) in [5, 5.41) is 21.6. The van der Waals surface area contributed by atoms with E-state index >= 15 is 0 Å². The average molecular weight is 346 g/mol. The van der Waals surface area contributed by atoms with Gasteiger partial charge in [0.2, 0.25) is 0 Å². The van der Waals surface area contributed by atoms with Crippen LogP contribution in [0.5, 0.6) is 0 Å². The molecule has 26 heavy (non-hydrogen) atoms. The number of carbonyl (C=O) groups excluding carboxylic acids is 1. The zero-order valence-electron chi connectivity index (χ0n) is 13.8. The van der Waals surface area contributed by atoms with Crippen molar-refractivity contribution in [3.05, 3.63) is 76.8 Å². The number of carbonyl (C=O) groups is 1. The van der Waals surface area contributed by atoms with E-state index in [4.69, 9.17) is 5.26 Å². The van der Waals surface area contributed by atoms with E-state index in [2.05, 4.69) is 17.2 Å². The van der Waals surface area contributed by atoms with Crippen molar-refractivity contribution < 1.29 is 14.3 Å². The highest BCUT2D eigenvalue weighted by Gasteiger charge is 2.30. The van der Waals surface area contributed by atoms with Gasteiger partial charge < -0.3 is 10.4 Å². The molecule has 2 N–H and O–H groups in total. The molecule has 5 heteroatoms. The Morgan fingerprint density at radius 2 is 1.58 bits per heavy atom. The van der Waals surface area contributed by atoms with Crippen LogP contribution in [0.25, 0.3) is 0 Å². The molecular weight excluding hydrogens is 331 g/mol. The Bertz CT molecular complexity index is 954. The number of benzene rings is 2. The van der Waals surface area contributed by atoms with E-state index in [1.807, 2.05) is 0 Å². The van der Waals surface area contributed by atoms with E-state index in [1.165, 1.54) is 12.1 Å². The van der Waals surface area contributed by atoms with Crippen LogP contribution in [0.1, 0.15) is 24.0 Å². The topological polar surface area (TPSA) is 73.1 Å². The second-order valence-electron chi connectivity index (χ2n) is 5.93. The molecule has 0 unspecified atom stereocenters. The maximum Gasteiger partial charge on any atom is 0.269 e. The van der Waals surface area contributed by atoms with Crippen molar-refractivity contribution in [1.82, 2.24) is 0 Å². The van der Waals surface area contributed by atoms with Crippen LogP contribution < -0.4 is 5.32 Å². The monoisotopic (exact) mass is 346 g/mol. The number of nitrogens with one attached hydrogen (secondary N) is 1. The second-order valence-corrected chi connectivity index (χ2v) is 5.93. The molecule has 1 saturated carbocycles. The summed E-state index contributed by atoms with van der Waals surface area (Å²) in [6.07, 6.45) is 1.59. The highest BCUT2D eigenvalue weighted by atomic mass is 19.1. The molecule has 0 bridgehead atoms. The van der Waals surface area contributed by atoms with Gasteiger partial charge in [-0.05, 0) is 61.4 Å². The van der Waals surface area contributed by atoms with Gasteiger partial charge in [-0.3, -0.25) is 4.79 Å². The number of hydrogen-bond donors (Lipinski definition) is 2. The number of hydrogen-bond acceptors (Lipinski definition) is 3. The molecule has 1 aliphatic carbocycles. The molecule has 1 aliphatic rings. The largest absolute Gasteiger partial charge is 0.510 e. The molecule has 2 aromatic rings. The first kappa shape index (κ1) is 17.3. The quantitative estimate of drug-likeness (QED) is 0.383. The Kier molecular flexibility index (Phi) is 5.01. The summed E-state index contributed by atoms with van der Waals surface area (Å²) in [6.45, 7) is 0. The highest BCUT2D eigenvalue weighted by Crippen LogP contribution is 2.36. The van der Waals surface area contributed by atoms with E-state index in [0.29, 0.717) is 11.3 Å². The van der Waals surface area contributed by atoms with Crippen molar-refractivity contribution in [3.8, 4) is 17.9 Å². The number of anilines is 1. The fourth-order valence-electron chi connectivity index (χ4n) is 2.29. The van der Waals surface area contributed by atoms with Gasteiger partial charge in [0.05, 0.1) is 0 Å². The summed E-state index contributed by atoms with van der Waals surface area (Å²) >= 11 is 0. The molecule has 1 fully saturated rings. The fraction of sp³-hybridized carbons (Fsp3) is 0.143. The van der Waals surface area contributed by atoms with Crippen LogP contribution in [0.2, 0.25) is 0 Å². The van der Waals surface area contributed by atoms with Crippen molar-refractivity contribution >= 4 is 11.6 Å². The molecule has 0 heterocycles.